The van der Waals surface area contributed by atoms with E-state index >= 15 is 0 Å². The van der Waals surface area contributed by atoms with Crippen molar-refractivity contribution < 1.29 is 17.9 Å². The summed E-state index contributed by atoms with van der Waals surface area (Å²) in [6.45, 7) is 1.67. The standard InChI is InChI=1S/C31H40N2O4S/c1-25(34)24-38(35,36)33-31(21-11-7-5-3-2-4-6-8-12-22-31)27-16-19-29(20-17-27)37-23-28-18-15-26-13-9-10-14-30(26)32-28/h9-10,13-20,33H,2-8,11-12,21-24H2,1H3. The van der Waals surface area contributed by atoms with Crippen molar-refractivity contribution in [3.63, 3.8) is 0 Å². The second-order valence-electron chi connectivity index (χ2n) is 10.6. The largest absolute Gasteiger partial charge is 0.487 e. The van der Waals surface area contributed by atoms with E-state index in [2.05, 4.69) is 9.71 Å². The molecular weight excluding hydrogens is 496 g/mol. The minimum absolute atomic E-state index is 0.348. The quantitative estimate of drug-likeness (QED) is 0.341. The molecule has 4 rings (SSSR count). The molecule has 7 heteroatoms. The van der Waals surface area contributed by atoms with Gasteiger partial charge in [-0.2, -0.15) is 0 Å². The molecule has 0 bridgehead atoms. The van der Waals surface area contributed by atoms with Gasteiger partial charge in [-0.1, -0.05) is 94.2 Å². The molecule has 2 aromatic carbocycles. The van der Waals surface area contributed by atoms with Crippen LogP contribution in [0, 0.1) is 0 Å². The number of ether oxygens (including phenoxy) is 1. The molecule has 38 heavy (non-hydrogen) atoms. The summed E-state index contributed by atoms with van der Waals surface area (Å²) in [5.41, 5.74) is 1.98. The number of aromatic nitrogens is 1. The first-order valence-corrected chi connectivity index (χ1v) is 15.6. The number of nitrogens with zero attached hydrogens (tertiary/aromatic N) is 1. The van der Waals surface area contributed by atoms with Crippen LogP contribution >= 0.6 is 0 Å². The molecule has 1 saturated carbocycles. The summed E-state index contributed by atoms with van der Waals surface area (Å²) >= 11 is 0. The number of sulfonamides is 1. The van der Waals surface area contributed by atoms with Crippen molar-refractivity contribution in [1.29, 1.82) is 0 Å². The van der Waals surface area contributed by atoms with Gasteiger partial charge in [-0.05, 0) is 49.6 Å². The Bertz CT molecular complexity index is 1290. The van der Waals surface area contributed by atoms with Gasteiger partial charge in [0.1, 0.15) is 23.9 Å². The number of carbonyl (C=O) groups excluding carboxylic acids is 1. The average Bonchev–Trinajstić information content (AvgIpc) is 2.88. The van der Waals surface area contributed by atoms with E-state index in [-0.39, 0.29) is 5.78 Å². The number of carbonyl (C=O) groups is 1. The van der Waals surface area contributed by atoms with Gasteiger partial charge in [0.05, 0.1) is 16.7 Å². The number of para-hydroxylation sites is 1. The molecule has 0 radical (unpaired) electrons. The molecule has 0 unspecified atom stereocenters. The van der Waals surface area contributed by atoms with E-state index in [4.69, 9.17) is 4.74 Å². The zero-order valence-corrected chi connectivity index (χ0v) is 23.3. The van der Waals surface area contributed by atoms with E-state index in [1.807, 2.05) is 60.7 Å². The molecule has 1 aliphatic carbocycles. The SMILES string of the molecule is CC(=O)CS(=O)(=O)NC1(c2ccc(OCc3ccc4ccccc4n3)cc2)CCCCCCCCCCC1. The van der Waals surface area contributed by atoms with Gasteiger partial charge >= 0.3 is 0 Å². The topological polar surface area (TPSA) is 85.4 Å². The minimum atomic E-state index is -3.77. The van der Waals surface area contributed by atoms with Gasteiger partial charge in [-0.25, -0.2) is 18.1 Å². The van der Waals surface area contributed by atoms with Crippen molar-refractivity contribution >= 4 is 26.7 Å². The third kappa shape index (κ3) is 8.11. The van der Waals surface area contributed by atoms with Crippen LogP contribution in [0.2, 0.25) is 0 Å². The van der Waals surface area contributed by atoms with Crippen molar-refractivity contribution in [2.24, 2.45) is 0 Å². The number of fused-ring (bicyclic) bond motifs is 1. The third-order valence-electron chi connectivity index (χ3n) is 7.40. The van der Waals surface area contributed by atoms with Crippen LogP contribution in [0.1, 0.15) is 88.8 Å². The van der Waals surface area contributed by atoms with Crippen molar-refractivity contribution in [2.45, 2.75) is 89.7 Å². The van der Waals surface area contributed by atoms with Crippen molar-refractivity contribution in [3.05, 3.63) is 71.9 Å². The van der Waals surface area contributed by atoms with Crippen LogP contribution in [0.25, 0.3) is 10.9 Å². The van der Waals surface area contributed by atoms with Crippen LogP contribution in [0.3, 0.4) is 0 Å². The molecule has 1 aliphatic rings. The number of hydrogen-bond donors (Lipinski definition) is 1. The van der Waals surface area contributed by atoms with Gasteiger partial charge in [0.25, 0.3) is 0 Å². The van der Waals surface area contributed by atoms with Crippen LogP contribution in [0.4, 0.5) is 0 Å². The number of benzene rings is 2. The highest BCUT2D eigenvalue weighted by Gasteiger charge is 2.36. The van der Waals surface area contributed by atoms with E-state index in [9.17, 15) is 13.2 Å². The zero-order chi connectivity index (χ0) is 26.8. The van der Waals surface area contributed by atoms with Gasteiger partial charge in [0.2, 0.25) is 10.0 Å². The maximum Gasteiger partial charge on any atom is 0.219 e. The van der Waals surface area contributed by atoms with E-state index in [1.54, 1.807) is 0 Å². The summed E-state index contributed by atoms with van der Waals surface area (Å²) in [5, 5.41) is 1.09. The van der Waals surface area contributed by atoms with Gasteiger partial charge in [0.15, 0.2) is 0 Å². The average molecular weight is 537 g/mol. The molecule has 0 saturated heterocycles. The fourth-order valence-electron chi connectivity index (χ4n) is 5.48. The number of nitrogens with one attached hydrogen (secondary N) is 1. The summed E-state index contributed by atoms with van der Waals surface area (Å²) in [6, 6.07) is 19.8. The highest BCUT2D eigenvalue weighted by atomic mass is 32.2. The molecule has 1 N–H and O–H groups in total. The molecule has 3 aromatic rings. The van der Waals surface area contributed by atoms with Crippen molar-refractivity contribution in [1.82, 2.24) is 9.71 Å². The Labute approximate surface area is 227 Å². The monoisotopic (exact) mass is 536 g/mol. The highest BCUT2D eigenvalue weighted by Crippen LogP contribution is 2.36. The lowest BCUT2D eigenvalue weighted by molar-refractivity contribution is -0.114. The normalized spacial score (nSPS) is 17.3. The number of ketones is 1. The van der Waals surface area contributed by atoms with Crippen LogP contribution in [-0.2, 0) is 27.0 Å². The van der Waals surface area contributed by atoms with Crippen molar-refractivity contribution in [3.8, 4) is 5.75 Å². The fourth-order valence-corrected chi connectivity index (χ4v) is 7.01. The lowest BCUT2D eigenvalue weighted by Gasteiger charge is -2.36. The highest BCUT2D eigenvalue weighted by molar-refractivity contribution is 7.90. The number of Topliss-reactive ketones (excluding diaryl/α,β-unsaturated/α-hetero) is 1. The van der Waals surface area contributed by atoms with E-state index in [0.29, 0.717) is 25.2 Å². The summed E-state index contributed by atoms with van der Waals surface area (Å²) in [4.78, 5) is 16.4. The van der Waals surface area contributed by atoms with Gasteiger partial charge < -0.3 is 4.74 Å². The fraction of sp³-hybridized carbons (Fsp3) is 0.484. The first-order chi connectivity index (χ1) is 18.4. The molecule has 0 atom stereocenters. The summed E-state index contributed by atoms with van der Waals surface area (Å²) in [5.74, 6) is -0.139. The van der Waals surface area contributed by atoms with Crippen molar-refractivity contribution in [2.75, 3.05) is 5.75 Å². The van der Waals surface area contributed by atoms with Gasteiger partial charge in [0, 0.05) is 5.39 Å². The van der Waals surface area contributed by atoms with Crippen LogP contribution < -0.4 is 9.46 Å². The van der Waals surface area contributed by atoms with Crippen LogP contribution in [0.15, 0.2) is 60.7 Å². The van der Waals surface area contributed by atoms with Gasteiger partial charge in [-0.3, -0.25) is 4.79 Å². The number of rotatable bonds is 8. The molecule has 0 aliphatic heterocycles. The van der Waals surface area contributed by atoms with Crippen LogP contribution in [-0.4, -0.2) is 24.9 Å². The predicted octanol–water partition coefficient (Wildman–Crippen LogP) is 6.82. The zero-order valence-electron chi connectivity index (χ0n) is 22.5. The van der Waals surface area contributed by atoms with Gasteiger partial charge in [-0.15, -0.1) is 0 Å². The lowest BCUT2D eigenvalue weighted by Crippen LogP contribution is -2.47. The molecule has 0 spiro atoms. The maximum absolute atomic E-state index is 13.0. The minimum Gasteiger partial charge on any atom is -0.487 e. The second kappa shape index (κ2) is 13.3. The third-order valence-corrected chi connectivity index (χ3v) is 8.89. The smallest absolute Gasteiger partial charge is 0.219 e. The van der Waals surface area contributed by atoms with Crippen LogP contribution in [0.5, 0.6) is 5.75 Å². The maximum atomic E-state index is 13.0. The van der Waals surface area contributed by atoms with E-state index < -0.39 is 21.3 Å². The first-order valence-electron chi connectivity index (χ1n) is 13.9. The molecule has 1 fully saturated rings. The molecule has 0 amide bonds. The molecule has 1 aromatic heterocycles. The number of hydrogen-bond acceptors (Lipinski definition) is 5. The molecule has 1 heterocycles. The predicted molar refractivity (Wildman–Crippen MR) is 153 cm³/mol. The first kappa shape index (κ1) is 28.2. The second-order valence-corrected chi connectivity index (χ2v) is 12.4. The molecule has 204 valence electrons. The Hall–Kier alpha value is -2.77. The Morgan fingerprint density at radius 1 is 0.842 bits per heavy atom. The summed E-state index contributed by atoms with van der Waals surface area (Å²) in [6.07, 6.45) is 11.6. The summed E-state index contributed by atoms with van der Waals surface area (Å²) in [7, 11) is -3.77. The molecule has 6 nitrogen and oxygen atoms in total. The lowest BCUT2D eigenvalue weighted by atomic mass is 9.80. The molecular formula is C31H40N2O4S. The Balaban J connectivity index is 1.54. The van der Waals surface area contributed by atoms with E-state index in [1.165, 1.54) is 39.0 Å². The van der Waals surface area contributed by atoms with E-state index in [0.717, 1.165) is 47.8 Å². The Morgan fingerprint density at radius 3 is 2.08 bits per heavy atom. The Kier molecular flexibility index (Phi) is 9.91. The number of pyridine rings is 1. The summed E-state index contributed by atoms with van der Waals surface area (Å²) < 4.78 is 35.1. The Morgan fingerprint density at radius 2 is 1.45 bits per heavy atom.